The van der Waals surface area contributed by atoms with Crippen LogP contribution in [0.4, 0.5) is 0 Å². The van der Waals surface area contributed by atoms with Crippen molar-refractivity contribution in [3.63, 3.8) is 0 Å². The summed E-state index contributed by atoms with van der Waals surface area (Å²) in [5.41, 5.74) is 2.67. The maximum atomic E-state index is 3.25. The average Bonchev–Trinajstić information content (AvgIpc) is 2.80. The lowest BCUT2D eigenvalue weighted by Crippen LogP contribution is -2.11. The summed E-state index contributed by atoms with van der Waals surface area (Å²) in [5, 5.41) is 3.25. The Hall–Kier alpha value is -0.810. The lowest BCUT2D eigenvalue weighted by molar-refractivity contribution is 0.649. The molecule has 1 aromatic carbocycles. The van der Waals surface area contributed by atoms with E-state index in [0.29, 0.717) is 6.04 Å². The first kappa shape index (κ1) is 12.6. The van der Waals surface area contributed by atoms with Gasteiger partial charge in [0.25, 0.3) is 0 Å². The molecule has 0 bridgehead atoms. The van der Waals surface area contributed by atoms with E-state index >= 15 is 0 Å². The summed E-state index contributed by atoms with van der Waals surface area (Å²) < 4.78 is 3.51. The summed E-state index contributed by atoms with van der Waals surface area (Å²) >= 11 is 2.33. The molecule has 0 aliphatic carbocycles. The van der Waals surface area contributed by atoms with Crippen LogP contribution in [0.15, 0.2) is 42.7 Å². The van der Waals surface area contributed by atoms with E-state index in [1.165, 1.54) is 14.7 Å². The van der Waals surface area contributed by atoms with E-state index in [1.54, 1.807) is 0 Å². The molecule has 0 fully saturated rings. The van der Waals surface area contributed by atoms with Crippen molar-refractivity contribution in [1.82, 2.24) is 9.88 Å². The first-order valence-corrected chi connectivity index (χ1v) is 6.84. The van der Waals surface area contributed by atoms with Gasteiger partial charge in [0.15, 0.2) is 0 Å². The van der Waals surface area contributed by atoms with Gasteiger partial charge in [-0.2, -0.15) is 0 Å². The molecule has 3 heteroatoms. The van der Waals surface area contributed by atoms with E-state index in [0.717, 1.165) is 6.54 Å². The molecule has 1 aromatic heterocycles. The lowest BCUT2D eigenvalue weighted by Gasteiger charge is -2.07. The minimum Gasteiger partial charge on any atom is -0.350 e. The fourth-order valence-electron chi connectivity index (χ4n) is 1.78. The van der Waals surface area contributed by atoms with Crippen LogP contribution in [0.2, 0.25) is 0 Å². The van der Waals surface area contributed by atoms with Crippen molar-refractivity contribution in [2.24, 2.45) is 0 Å². The zero-order valence-electron chi connectivity index (χ0n) is 10.2. The van der Waals surface area contributed by atoms with Gasteiger partial charge in [0.2, 0.25) is 0 Å². The van der Waals surface area contributed by atoms with Crippen LogP contribution < -0.4 is 5.32 Å². The van der Waals surface area contributed by atoms with E-state index in [-0.39, 0.29) is 0 Å². The topological polar surface area (TPSA) is 17.0 Å². The van der Waals surface area contributed by atoms with Crippen molar-refractivity contribution in [3.05, 3.63) is 57.4 Å². The van der Waals surface area contributed by atoms with Crippen molar-refractivity contribution >= 4 is 22.6 Å². The second-order valence-electron chi connectivity index (χ2n) is 4.25. The largest absolute Gasteiger partial charge is 0.350 e. The van der Waals surface area contributed by atoms with E-state index in [2.05, 4.69) is 82.1 Å². The van der Waals surface area contributed by atoms with Crippen LogP contribution in [0, 0.1) is 3.57 Å². The fraction of sp³-hybridized carbons (Fsp3) is 0.286. The molecule has 0 saturated carbocycles. The van der Waals surface area contributed by atoms with Gasteiger partial charge in [0, 0.05) is 28.6 Å². The molecule has 1 heterocycles. The summed E-state index contributed by atoms with van der Waals surface area (Å²) in [7, 11) is 1.99. The van der Waals surface area contributed by atoms with Crippen LogP contribution in [0.5, 0.6) is 0 Å². The number of hydrogen-bond donors (Lipinski definition) is 1. The molecule has 0 spiro atoms. The van der Waals surface area contributed by atoms with Crippen LogP contribution >= 0.6 is 22.6 Å². The van der Waals surface area contributed by atoms with Gasteiger partial charge in [-0.15, -0.1) is 0 Å². The predicted molar refractivity (Wildman–Crippen MR) is 80.2 cm³/mol. The molecule has 17 heavy (non-hydrogen) atoms. The van der Waals surface area contributed by atoms with Gasteiger partial charge < -0.3 is 9.88 Å². The highest BCUT2D eigenvalue weighted by Crippen LogP contribution is 2.14. The maximum Gasteiger partial charge on any atom is 0.0470 e. The zero-order valence-corrected chi connectivity index (χ0v) is 12.3. The fourth-order valence-corrected chi connectivity index (χ4v) is 2.14. The van der Waals surface area contributed by atoms with Gasteiger partial charge >= 0.3 is 0 Å². The van der Waals surface area contributed by atoms with Gasteiger partial charge in [0.1, 0.15) is 0 Å². The van der Waals surface area contributed by atoms with Crippen molar-refractivity contribution < 1.29 is 0 Å². The minimum atomic E-state index is 0.410. The molecule has 1 unspecified atom stereocenters. The second-order valence-corrected chi connectivity index (χ2v) is 5.50. The number of hydrogen-bond acceptors (Lipinski definition) is 1. The smallest absolute Gasteiger partial charge is 0.0470 e. The Morgan fingerprint density at radius 3 is 2.59 bits per heavy atom. The first-order valence-electron chi connectivity index (χ1n) is 5.76. The summed E-state index contributed by atoms with van der Waals surface area (Å²) in [6.45, 7) is 3.11. The molecule has 0 radical (unpaired) electrons. The molecular weight excluding hydrogens is 323 g/mol. The molecule has 0 aliphatic heterocycles. The van der Waals surface area contributed by atoms with E-state index in [1.807, 2.05) is 7.05 Å². The highest BCUT2D eigenvalue weighted by Gasteiger charge is 2.04. The molecule has 1 N–H and O–H groups in total. The van der Waals surface area contributed by atoms with Crippen molar-refractivity contribution in [2.45, 2.75) is 19.5 Å². The van der Waals surface area contributed by atoms with Crippen LogP contribution in [-0.2, 0) is 6.54 Å². The highest BCUT2D eigenvalue weighted by molar-refractivity contribution is 14.1. The maximum absolute atomic E-state index is 3.25. The lowest BCUT2D eigenvalue weighted by atomic mass is 10.2. The van der Waals surface area contributed by atoms with Gasteiger partial charge in [0.05, 0.1) is 0 Å². The van der Waals surface area contributed by atoms with Gasteiger partial charge in [-0.1, -0.05) is 12.1 Å². The monoisotopic (exact) mass is 340 g/mol. The Kier molecular flexibility index (Phi) is 4.23. The van der Waals surface area contributed by atoms with Gasteiger partial charge in [-0.25, -0.2) is 0 Å². The Balaban J connectivity index is 2.08. The first-order chi connectivity index (χ1) is 8.19. The van der Waals surface area contributed by atoms with Crippen LogP contribution in [0.3, 0.4) is 0 Å². The third-order valence-corrected chi connectivity index (χ3v) is 3.70. The summed E-state index contributed by atoms with van der Waals surface area (Å²) in [4.78, 5) is 0. The van der Waals surface area contributed by atoms with Crippen molar-refractivity contribution in [2.75, 3.05) is 7.05 Å². The number of nitrogens with one attached hydrogen (secondary N) is 1. The highest BCUT2D eigenvalue weighted by atomic mass is 127. The standard InChI is InChI=1S/C14H17IN2/c1-11(16-2)13-7-8-17(10-13)9-12-3-5-14(15)6-4-12/h3-8,10-11,16H,9H2,1-2H3. The molecule has 0 amide bonds. The molecular formula is C14H17IN2. The van der Waals surface area contributed by atoms with Gasteiger partial charge in [-0.3, -0.25) is 0 Å². The number of rotatable bonds is 4. The molecule has 2 rings (SSSR count). The number of halogens is 1. The molecule has 0 aliphatic rings. The molecule has 1 atom stereocenters. The zero-order chi connectivity index (χ0) is 12.3. The predicted octanol–water partition coefficient (Wildman–Crippen LogP) is 3.42. The second kappa shape index (κ2) is 5.69. The number of benzene rings is 1. The number of nitrogens with zero attached hydrogens (tertiary/aromatic N) is 1. The van der Waals surface area contributed by atoms with Gasteiger partial charge in [-0.05, 0) is 65.9 Å². The summed E-state index contributed by atoms with van der Waals surface area (Å²) in [6, 6.07) is 11.3. The Morgan fingerprint density at radius 2 is 1.94 bits per heavy atom. The van der Waals surface area contributed by atoms with Crippen molar-refractivity contribution in [1.29, 1.82) is 0 Å². The Labute approximate surface area is 116 Å². The normalized spacial score (nSPS) is 12.6. The van der Waals surface area contributed by atoms with E-state index < -0.39 is 0 Å². The Morgan fingerprint density at radius 1 is 1.24 bits per heavy atom. The van der Waals surface area contributed by atoms with Crippen molar-refractivity contribution in [3.8, 4) is 0 Å². The van der Waals surface area contributed by atoms with E-state index in [9.17, 15) is 0 Å². The molecule has 90 valence electrons. The van der Waals surface area contributed by atoms with Crippen LogP contribution in [0.25, 0.3) is 0 Å². The van der Waals surface area contributed by atoms with Crippen LogP contribution in [0.1, 0.15) is 24.1 Å². The van der Waals surface area contributed by atoms with Crippen LogP contribution in [-0.4, -0.2) is 11.6 Å². The third-order valence-electron chi connectivity index (χ3n) is 2.98. The molecule has 2 aromatic rings. The minimum absolute atomic E-state index is 0.410. The van der Waals surface area contributed by atoms with E-state index in [4.69, 9.17) is 0 Å². The summed E-state index contributed by atoms with van der Waals surface area (Å²) in [5.74, 6) is 0. The third kappa shape index (κ3) is 3.33. The summed E-state index contributed by atoms with van der Waals surface area (Å²) in [6.07, 6.45) is 4.35. The quantitative estimate of drug-likeness (QED) is 0.844. The SMILES string of the molecule is CNC(C)c1ccn(Cc2ccc(I)cc2)c1. The molecule has 2 nitrogen and oxygen atoms in total. The molecule has 0 saturated heterocycles. The average molecular weight is 340 g/mol. The number of aromatic nitrogens is 1. The Bertz CT molecular complexity index is 473.